The number of benzene rings is 1. The van der Waals surface area contributed by atoms with Gasteiger partial charge in [0.15, 0.2) is 4.34 Å². The normalized spacial score (nSPS) is 11.2. The summed E-state index contributed by atoms with van der Waals surface area (Å²) in [5.41, 5.74) is 7.42. The molecule has 0 spiro atoms. The van der Waals surface area contributed by atoms with Crippen molar-refractivity contribution in [3.63, 3.8) is 0 Å². The molecule has 0 aliphatic rings. The number of amides is 1. The number of fused-ring (bicyclic) bond motifs is 1. The fourth-order valence-electron chi connectivity index (χ4n) is 1.66. The van der Waals surface area contributed by atoms with Gasteiger partial charge in [-0.15, -0.1) is 11.3 Å². The molecular formula is C14H19N3OS2. The van der Waals surface area contributed by atoms with Crippen LogP contribution in [0.3, 0.4) is 0 Å². The van der Waals surface area contributed by atoms with E-state index < -0.39 is 0 Å². The molecule has 1 aromatic carbocycles. The fraction of sp³-hybridized carbons (Fsp3) is 0.429. The van der Waals surface area contributed by atoms with Crippen LogP contribution in [0.2, 0.25) is 0 Å². The van der Waals surface area contributed by atoms with E-state index in [0.29, 0.717) is 11.7 Å². The molecular weight excluding hydrogens is 290 g/mol. The molecule has 108 valence electrons. The molecule has 2 rings (SSSR count). The second-order valence-corrected chi connectivity index (χ2v) is 7.28. The Morgan fingerprint density at radius 3 is 3.05 bits per heavy atom. The number of nitrogens with one attached hydrogen (secondary N) is 1. The highest BCUT2D eigenvalue weighted by Crippen LogP contribution is 2.30. The lowest BCUT2D eigenvalue weighted by atomic mass is 10.1. The summed E-state index contributed by atoms with van der Waals surface area (Å²) in [6.45, 7) is 5.04. The van der Waals surface area contributed by atoms with Crippen LogP contribution in [0.25, 0.3) is 10.2 Å². The van der Waals surface area contributed by atoms with Gasteiger partial charge >= 0.3 is 0 Å². The van der Waals surface area contributed by atoms with Crippen molar-refractivity contribution in [1.82, 2.24) is 10.3 Å². The van der Waals surface area contributed by atoms with Crippen molar-refractivity contribution in [2.75, 3.05) is 18.0 Å². The summed E-state index contributed by atoms with van der Waals surface area (Å²) in [5, 5.41) is 2.92. The lowest BCUT2D eigenvalue weighted by molar-refractivity contribution is -0.118. The van der Waals surface area contributed by atoms with Gasteiger partial charge in [0.25, 0.3) is 0 Å². The van der Waals surface area contributed by atoms with E-state index in [9.17, 15) is 4.79 Å². The quantitative estimate of drug-likeness (QED) is 0.635. The van der Waals surface area contributed by atoms with Crippen LogP contribution in [0.4, 0.5) is 5.69 Å². The second kappa shape index (κ2) is 6.95. The standard InChI is InChI=1S/C14H19N3OS2/c1-9(2)5-6-16-13(18)8-19-14-17-11-4-3-10(15)7-12(11)20-14/h3-4,7,9H,5-6,8,15H2,1-2H3,(H,16,18). The molecule has 6 heteroatoms. The molecule has 0 aliphatic heterocycles. The summed E-state index contributed by atoms with van der Waals surface area (Å²) in [6.07, 6.45) is 1.01. The van der Waals surface area contributed by atoms with Gasteiger partial charge in [0.1, 0.15) is 0 Å². The van der Waals surface area contributed by atoms with Gasteiger partial charge in [0.2, 0.25) is 5.91 Å². The molecule has 4 nitrogen and oxygen atoms in total. The summed E-state index contributed by atoms with van der Waals surface area (Å²) < 4.78 is 1.97. The van der Waals surface area contributed by atoms with Gasteiger partial charge < -0.3 is 11.1 Å². The molecule has 0 bridgehead atoms. The molecule has 2 aromatic rings. The molecule has 0 saturated heterocycles. The molecule has 1 heterocycles. The van der Waals surface area contributed by atoms with E-state index in [4.69, 9.17) is 5.73 Å². The van der Waals surface area contributed by atoms with Crippen molar-refractivity contribution in [2.24, 2.45) is 5.92 Å². The Hall–Kier alpha value is -1.27. The van der Waals surface area contributed by atoms with Crippen LogP contribution < -0.4 is 11.1 Å². The van der Waals surface area contributed by atoms with Crippen LogP contribution in [0.5, 0.6) is 0 Å². The summed E-state index contributed by atoms with van der Waals surface area (Å²) in [7, 11) is 0. The smallest absolute Gasteiger partial charge is 0.230 e. The number of thiazole rings is 1. The minimum atomic E-state index is 0.0643. The van der Waals surface area contributed by atoms with Gasteiger partial charge in [0.05, 0.1) is 16.0 Å². The zero-order chi connectivity index (χ0) is 14.5. The van der Waals surface area contributed by atoms with Crippen molar-refractivity contribution < 1.29 is 4.79 Å². The first-order valence-electron chi connectivity index (χ1n) is 6.60. The highest BCUT2D eigenvalue weighted by atomic mass is 32.2. The molecule has 0 radical (unpaired) electrons. The van der Waals surface area contributed by atoms with E-state index in [2.05, 4.69) is 24.1 Å². The first-order chi connectivity index (χ1) is 9.54. The maximum atomic E-state index is 11.7. The lowest BCUT2D eigenvalue weighted by Gasteiger charge is -2.06. The number of nitrogen functional groups attached to an aromatic ring is 1. The SMILES string of the molecule is CC(C)CCNC(=O)CSc1nc2ccc(N)cc2s1. The summed E-state index contributed by atoms with van der Waals surface area (Å²) >= 11 is 3.05. The van der Waals surface area contributed by atoms with Crippen LogP contribution in [0.1, 0.15) is 20.3 Å². The number of carbonyl (C=O) groups excluding carboxylic acids is 1. The zero-order valence-corrected chi connectivity index (χ0v) is 13.3. The summed E-state index contributed by atoms with van der Waals surface area (Å²) in [6, 6.07) is 5.67. The number of carbonyl (C=O) groups is 1. The first kappa shape index (κ1) is 15.1. The van der Waals surface area contributed by atoms with Crippen molar-refractivity contribution in [2.45, 2.75) is 24.6 Å². The molecule has 0 atom stereocenters. The molecule has 0 saturated carbocycles. The monoisotopic (exact) mass is 309 g/mol. The van der Waals surface area contributed by atoms with E-state index in [1.807, 2.05) is 18.2 Å². The minimum Gasteiger partial charge on any atom is -0.399 e. The third-order valence-electron chi connectivity index (χ3n) is 2.76. The van der Waals surface area contributed by atoms with Gasteiger partial charge in [-0.05, 0) is 30.5 Å². The Morgan fingerprint density at radius 1 is 1.50 bits per heavy atom. The molecule has 0 fully saturated rings. The summed E-state index contributed by atoms with van der Waals surface area (Å²) in [5.74, 6) is 1.08. The van der Waals surface area contributed by atoms with E-state index >= 15 is 0 Å². The van der Waals surface area contributed by atoms with Crippen LogP contribution in [0.15, 0.2) is 22.5 Å². The van der Waals surface area contributed by atoms with Crippen molar-refractivity contribution in [3.05, 3.63) is 18.2 Å². The van der Waals surface area contributed by atoms with Crippen molar-refractivity contribution in [3.8, 4) is 0 Å². The molecule has 0 aliphatic carbocycles. The van der Waals surface area contributed by atoms with Gasteiger partial charge in [-0.1, -0.05) is 25.6 Å². The number of aromatic nitrogens is 1. The van der Waals surface area contributed by atoms with Gasteiger partial charge in [-0.25, -0.2) is 4.98 Å². The Bertz CT molecular complexity index is 595. The number of nitrogens with zero attached hydrogens (tertiary/aromatic N) is 1. The number of thioether (sulfide) groups is 1. The Morgan fingerprint density at radius 2 is 2.30 bits per heavy atom. The molecule has 0 unspecified atom stereocenters. The van der Waals surface area contributed by atoms with E-state index in [1.54, 1.807) is 11.3 Å². The average molecular weight is 309 g/mol. The summed E-state index contributed by atoms with van der Waals surface area (Å²) in [4.78, 5) is 16.2. The largest absolute Gasteiger partial charge is 0.399 e. The van der Waals surface area contributed by atoms with E-state index in [0.717, 1.165) is 33.2 Å². The average Bonchev–Trinajstić information content (AvgIpc) is 2.77. The maximum absolute atomic E-state index is 11.7. The molecule has 1 amide bonds. The number of hydrogen-bond acceptors (Lipinski definition) is 5. The number of rotatable bonds is 6. The molecule has 20 heavy (non-hydrogen) atoms. The third kappa shape index (κ3) is 4.38. The number of anilines is 1. The molecule has 3 N–H and O–H groups in total. The van der Waals surface area contributed by atoms with Crippen LogP contribution in [-0.4, -0.2) is 23.2 Å². The van der Waals surface area contributed by atoms with Crippen LogP contribution in [0, 0.1) is 5.92 Å². The molecule has 1 aromatic heterocycles. The first-order valence-corrected chi connectivity index (χ1v) is 8.40. The Balaban J connectivity index is 1.84. The highest BCUT2D eigenvalue weighted by molar-refractivity contribution is 8.01. The zero-order valence-electron chi connectivity index (χ0n) is 11.7. The minimum absolute atomic E-state index is 0.0643. The fourth-order valence-corrected chi connectivity index (χ4v) is 3.61. The van der Waals surface area contributed by atoms with E-state index in [1.165, 1.54) is 11.8 Å². The Labute approximate surface area is 127 Å². The van der Waals surface area contributed by atoms with Gasteiger partial charge in [-0.3, -0.25) is 4.79 Å². The predicted molar refractivity (Wildman–Crippen MR) is 87.2 cm³/mol. The van der Waals surface area contributed by atoms with Gasteiger partial charge in [0, 0.05) is 12.2 Å². The Kier molecular flexibility index (Phi) is 5.25. The van der Waals surface area contributed by atoms with Crippen LogP contribution >= 0.6 is 23.1 Å². The van der Waals surface area contributed by atoms with Crippen molar-refractivity contribution >= 4 is 44.9 Å². The third-order valence-corrected chi connectivity index (χ3v) is 4.92. The maximum Gasteiger partial charge on any atom is 0.230 e. The number of hydrogen-bond donors (Lipinski definition) is 2. The number of nitrogens with two attached hydrogens (primary N) is 1. The predicted octanol–water partition coefficient (Wildman–Crippen LogP) is 3.13. The second-order valence-electron chi connectivity index (χ2n) is 5.03. The lowest BCUT2D eigenvalue weighted by Crippen LogP contribution is -2.26. The van der Waals surface area contributed by atoms with Gasteiger partial charge in [-0.2, -0.15) is 0 Å². The highest BCUT2D eigenvalue weighted by Gasteiger charge is 2.08. The van der Waals surface area contributed by atoms with Crippen LogP contribution in [-0.2, 0) is 4.79 Å². The van der Waals surface area contributed by atoms with Crippen molar-refractivity contribution in [1.29, 1.82) is 0 Å². The topological polar surface area (TPSA) is 68.0 Å². The van der Waals surface area contributed by atoms with E-state index in [-0.39, 0.29) is 5.91 Å².